The zero-order chi connectivity index (χ0) is 14.1. The lowest BCUT2D eigenvalue weighted by molar-refractivity contribution is -0.145. The molecule has 1 amide bonds. The van der Waals surface area contributed by atoms with Gasteiger partial charge in [-0.1, -0.05) is 0 Å². The molecule has 0 aromatic carbocycles. The Bertz CT molecular complexity index is 331. The Morgan fingerprint density at radius 3 is 2.63 bits per heavy atom. The summed E-state index contributed by atoms with van der Waals surface area (Å²) in [5.74, 6) is -1.12. The van der Waals surface area contributed by atoms with Crippen molar-refractivity contribution in [3.63, 3.8) is 0 Å². The number of ether oxygens (including phenoxy) is 4. The molecule has 1 fully saturated rings. The van der Waals surface area contributed by atoms with Gasteiger partial charge in [0, 0.05) is 13.5 Å². The number of methoxy groups -OCH3 is 1. The van der Waals surface area contributed by atoms with Gasteiger partial charge >= 0.3 is 18.0 Å². The van der Waals surface area contributed by atoms with E-state index >= 15 is 0 Å². The Balaban J connectivity index is 2.02. The second kappa shape index (κ2) is 8.44. The summed E-state index contributed by atoms with van der Waals surface area (Å²) in [5, 5.41) is 2.29. The molecule has 0 unspecified atom stereocenters. The molecule has 1 heterocycles. The highest BCUT2D eigenvalue weighted by Gasteiger charge is 2.32. The van der Waals surface area contributed by atoms with Crippen molar-refractivity contribution in [1.29, 1.82) is 0 Å². The highest BCUT2D eigenvalue weighted by Crippen LogP contribution is 2.07. The molecule has 8 nitrogen and oxygen atoms in total. The molecule has 1 rings (SSSR count). The maximum atomic E-state index is 11.3. The molecule has 0 radical (unpaired) electrons. The van der Waals surface area contributed by atoms with Crippen molar-refractivity contribution in [2.75, 3.05) is 33.5 Å². The number of alkyl carbamates (subject to hydrolysis) is 1. The Kier molecular flexibility index (Phi) is 6.83. The first-order valence-electron chi connectivity index (χ1n) is 5.88. The van der Waals surface area contributed by atoms with Gasteiger partial charge in [0.2, 0.25) is 0 Å². The first kappa shape index (κ1) is 15.4. The molecule has 0 spiro atoms. The molecule has 0 bridgehead atoms. The van der Waals surface area contributed by atoms with Gasteiger partial charge in [-0.15, -0.1) is 0 Å². The molecule has 108 valence electrons. The molecule has 0 aliphatic carbocycles. The summed E-state index contributed by atoms with van der Waals surface area (Å²) in [6.07, 6.45) is -0.596. The third-order valence-electron chi connectivity index (χ3n) is 2.33. The Morgan fingerprint density at radius 1 is 1.26 bits per heavy atom. The summed E-state index contributed by atoms with van der Waals surface area (Å²) in [4.78, 5) is 33.1. The van der Waals surface area contributed by atoms with E-state index in [1.807, 2.05) is 0 Å². The molecule has 1 atom stereocenters. The van der Waals surface area contributed by atoms with Crippen LogP contribution in [0.5, 0.6) is 0 Å². The summed E-state index contributed by atoms with van der Waals surface area (Å²) < 4.78 is 19.0. The number of amides is 1. The third-order valence-corrected chi connectivity index (χ3v) is 2.33. The predicted octanol–water partition coefficient (Wildman–Crippen LogP) is -0.392. The second-order valence-electron chi connectivity index (χ2n) is 3.77. The van der Waals surface area contributed by atoms with Crippen LogP contribution in [0.25, 0.3) is 0 Å². The lowest BCUT2D eigenvalue weighted by atomic mass is 10.2. The van der Waals surface area contributed by atoms with Gasteiger partial charge in [-0.05, 0) is 6.42 Å². The molecule has 8 heteroatoms. The van der Waals surface area contributed by atoms with Gasteiger partial charge in [-0.2, -0.15) is 0 Å². The minimum atomic E-state index is -0.782. The molecule has 1 aliphatic rings. The van der Waals surface area contributed by atoms with Crippen LogP contribution in [0.15, 0.2) is 0 Å². The summed E-state index contributed by atoms with van der Waals surface area (Å²) in [6.45, 7) is 1.35. The standard InChI is InChI=1S/C11H17NO7/c1-16-4-5-17-6-7-18-9(13)3-2-8-10(14)19-11(15)12-8/h8H,2-7H2,1H3,(H,12,15)/t8-/m1/s1. The first-order valence-corrected chi connectivity index (χ1v) is 5.88. The Morgan fingerprint density at radius 2 is 2.00 bits per heavy atom. The molecule has 19 heavy (non-hydrogen) atoms. The van der Waals surface area contributed by atoms with Crippen LogP contribution in [0, 0.1) is 0 Å². The zero-order valence-corrected chi connectivity index (χ0v) is 10.7. The van der Waals surface area contributed by atoms with Gasteiger partial charge in [-0.25, -0.2) is 9.59 Å². The van der Waals surface area contributed by atoms with Crippen molar-refractivity contribution >= 4 is 18.0 Å². The molecule has 1 aliphatic heterocycles. The normalized spacial score (nSPS) is 18.1. The fourth-order valence-corrected chi connectivity index (χ4v) is 1.38. The smallest absolute Gasteiger partial charge is 0.415 e. The number of nitrogens with one attached hydrogen (secondary N) is 1. The molecular weight excluding hydrogens is 258 g/mol. The third kappa shape index (κ3) is 6.16. The number of cyclic esters (lactones) is 2. The lowest BCUT2D eigenvalue weighted by Gasteiger charge is -2.07. The predicted molar refractivity (Wildman–Crippen MR) is 61.3 cm³/mol. The van der Waals surface area contributed by atoms with Crippen LogP contribution in [0.1, 0.15) is 12.8 Å². The minimum absolute atomic E-state index is 0.0259. The topological polar surface area (TPSA) is 100 Å². The van der Waals surface area contributed by atoms with E-state index in [1.165, 1.54) is 0 Å². The van der Waals surface area contributed by atoms with E-state index in [9.17, 15) is 14.4 Å². The molecule has 1 saturated heterocycles. The number of carbonyl (C=O) groups is 3. The Labute approximate surface area is 110 Å². The van der Waals surface area contributed by atoms with Gasteiger partial charge < -0.3 is 24.3 Å². The number of carbonyl (C=O) groups excluding carboxylic acids is 3. The quantitative estimate of drug-likeness (QED) is 0.347. The van der Waals surface area contributed by atoms with Gasteiger partial charge in [0.15, 0.2) is 0 Å². The summed E-state index contributed by atoms with van der Waals surface area (Å²) in [7, 11) is 1.57. The molecular formula is C11H17NO7. The van der Waals surface area contributed by atoms with Crippen LogP contribution in [0.4, 0.5) is 4.79 Å². The van der Waals surface area contributed by atoms with Crippen LogP contribution in [0.2, 0.25) is 0 Å². The average molecular weight is 275 g/mol. The van der Waals surface area contributed by atoms with E-state index < -0.39 is 24.1 Å². The van der Waals surface area contributed by atoms with E-state index in [2.05, 4.69) is 10.1 Å². The average Bonchev–Trinajstić information content (AvgIpc) is 2.69. The zero-order valence-electron chi connectivity index (χ0n) is 10.7. The maximum absolute atomic E-state index is 11.3. The second-order valence-corrected chi connectivity index (χ2v) is 3.77. The largest absolute Gasteiger partial charge is 0.463 e. The monoisotopic (exact) mass is 275 g/mol. The SMILES string of the molecule is COCCOCCOC(=O)CC[C@H]1NC(=O)OC1=O. The molecule has 0 saturated carbocycles. The fourth-order valence-electron chi connectivity index (χ4n) is 1.38. The van der Waals surface area contributed by atoms with E-state index in [0.717, 1.165) is 0 Å². The number of hydrogen-bond donors (Lipinski definition) is 1. The van der Waals surface area contributed by atoms with Crippen LogP contribution in [-0.2, 0) is 28.5 Å². The van der Waals surface area contributed by atoms with E-state index in [-0.39, 0.29) is 26.1 Å². The molecule has 1 N–H and O–H groups in total. The van der Waals surface area contributed by atoms with E-state index in [0.29, 0.717) is 13.2 Å². The lowest BCUT2D eigenvalue weighted by Crippen LogP contribution is -2.29. The van der Waals surface area contributed by atoms with Crippen molar-refractivity contribution < 1.29 is 33.3 Å². The highest BCUT2D eigenvalue weighted by atomic mass is 16.6. The van der Waals surface area contributed by atoms with Crippen molar-refractivity contribution in [1.82, 2.24) is 5.32 Å². The number of rotatable bonds is 9. The van der Waals surface area contributed by atoms with Crippen molar-refractivity contribution in [3.05, 3.63) is 0 Å². The fraction of sp³-hybridized carbons (Fsp3) is 0.727. The van der Waals surface area contributed by atoms with Crippen molar-refractivity contribution in [3.8, 4) is 0 Å². The van der Waals surface area contributed by atoms with Gasteiger partial charge in [0.1, 0.15) is 12.6 Å². The van der Waals surface area contributed by atoms with E-state index in [4.69, 9.17) is 14.2 Å². The van der Waals surface area contributed by atoms with Crippen molar-refractivity contribution in [2.24, 2.45) is 0 Å². The van der Waals surface area contributed by atoms with Gasteiger partial charge in [-0.3, -0.25) is 4.79 Å². The molecule has 0 aromatic rings. The highest BCUT2D eigenvalue weighted by molar-refractivity contribution is 5.95. The van der Waals surface area contributed by atoms with Crippen LogP contribution in [-0.4, -0.2) is 57.6 Å². The van der Waals surface area contributed by atoms with E-state index in [1.54, 1.807) is 7.11 Å². The summed E-state index contributed by atoms with van der Waals surface area (Å²) in [5.41, 5.74) is 0. The van der Waals surface area contributed by atoms with Gasteiger partial charge in [0.25, 0.3) is 0 Å². The van der Waals surface area contributed by atoms with Crippen LogP contribution >= 0.6 is 0 Å². The van der Waals surface area contributed by atoms with Crippen LogP contribution in [0.3, 0.4) is 0 Å². The Hall–Kier alpha value is -1.67. The maximum Gasteiger partial charge on any atom is 0.415 e. The summed E-state index contributed by atoms with van der Waals surface area (Å²) in [6, 6.07) is -0.766. The first-order chi connectivity index (χ1) is 9.13. The summed E-state index contributed by atoms with van der Waals surface area (Å²) >= 11 is 0. The number of esters is 2. The number of hydrogen-bond acceptors (Lipinski definition) is 7. The van der Waals surface area contributed by atoms with Crippen LogP contribution < -0.4 is 5.32 Å². The van der Waals surface area contributed by atoms with Gasteiger partial charge in [0.05, 0.1) is 19.8 Å². The van der Waals surface area contributed by atoms with Crippen molar-refractivity contribution in [2.45, 2.75) is 18.9 Å². The minimum Gasteiger partial charge on any atom is -0.463 e. The molecule has 0 aromatic heterocycles.